The molecule has 1 fully saturated rings. The smallest absolute Gasteiger partial charge is 0.290 e. The van der Waals surface area contributed by atoms with E-state index in [1.54, 1.807) is 24.3 Å². The lowest BCUT2D eigenvalue weighted by molar-refractivity contribution is -0.115. The summed E-state index contributed by atoms with van der Waals surface area (Å²) in [6.45, 7) is 0. The van der Waals surface area contributed by atoms with Crippen molar-refractivity contribution in [3.8, 4) is 5.75 Å². The van der Waals surface area contributed by atoms with Crippen LogP contribution in [0.2, 0.25) is 5.02 Å². The molecule has 4 nitrogen and oxygen atoms in total. The summed E-state index contributed by atoms with van der Waals surface area (Å²) in [5, 5.41) is 2.28. The van der Waals surface area contributed by atoms with Crippen LogP contribution in [0.4, 0.5) is 4.79 Å². The minimum Gasteiger partial charge on any atom is -0.495 e. The molecule has 0 atom stereocenters. The maximum atomic E-state index is 11.3. The van der Waals surface area contributed by atoms with E-state index < -0.39 is 0 Å². The fraction of sp³-hybridized carbons (Fsp3) is 0.0909. The molecular formula is C11H8ClNO3S. The first-order chi connectivity index (χ1) is 8.10. The Morgan fingerprint density at radius 1 is 1.41 bits per heavy atom. The van der Waals surface area contributed by atoms with Crippen LogP contribution in [0.15, 0.2) is 23.1 Å². The maximum Gasteiger partial charge on any atom is 0.290 e. The highest BCUT2D eigenvalue weighted by Gasteiger charge is 2.24. The van der Waals surface area contributed by atoms with Gasteiger partial charge in [-0.3, -0.25) is 14.9 Å². The van der Waals surface area contributed by atoms with Crippen molar-refractivity contribution in [2.45, 2.75) is 0 Å². The van der Waals surface area contributed by atoms with Crippen molar-refractivity contribution in [1.29, 1.82) is 0 Å². The number of carbonyl (C=O) groups is 2. The van der Waals surface area contributed by atoms with Gasteiger partial charge in [-0.15, -0.1) is 0 Å². The summed E-state index contributed by atoms with van der Waals surface area (Å²) in [4.78, 5) is 22.6. The molecule has 0 aromatic heterocycles. The summed E-state index contributed by atoms with van der Waals surface area (Å²) in [5.74, 6) is 0.181. The Balaban J connectivity index is 2.30. The van der Waals surface area contributed by atoms with Gasteiger partial charge in [-0.2, -0.15) is 0 Å². The molecule has 1 aliphatic heterocycles. The van der Waals surface area contributed by atoms with E-state index in [1.807, 2.05) is 0 Å². The van der Waals surface area contributed by atoms with Crippen LogP contribution in [0.1, 0.15) is 5.56 Å². The minimum absolute atomic E-state index is 0.358. The molecule has 0 bridgehead atoms. The van der Waals surface area contributed by atoms with E-state index >= 15 is 0 Å². The van der Waals surface area contributed by atoms with Gasteiger partial charge in [0, 0.05) is 0 Å². The lowest BCUT2D eigenvalue weighted by Crippen LogP contribution is -2.17. The molecule has 1 aromatic carbocycles. The van der Waals surface area contributed by atoms with Crippen molar-refractivity contribution in [3.05, 3.63) is 33.7 Å². The molecular weight excluding hydrogens is 262 g/mol. The number of thioether (sulfide) groups is 1. The molecule has 1 aliphatic rings. The average Bonchev–Trinajstić information content (AvgIpc) is 2.58. The third kappa shape index (κ3) is 2.62. The van der Waals surface area contributed by atoms with E-state index in [0.717, 1.165) is 17.3 Å². The molecule has 2 rings (SSSR count). The van der Waals surface area contributed by atoms with Gasteiger partial charge in [0.05, 0.1) is 17.0 Å². The largest absolute Gasteiger partial charge is 0.495 e. The summed E-state index contributed by atoms with van der Waals surface area (Å²) in [6, 6.07) is 5.13. The molecule has 0 unspecified atom stereocenters. The normalized spacial score (nSPS) is 17.4. The van der Waals surface area contributed by atoms with Crippen LogP contribution in [0, 0.1) is 0 Å². The highest BCUT2D eigenvalue weighted by Crippen LogP contribution is 2.29. The number of rotatable bonds is 2. The van der Waals surface area contributed by atoms with Gasteiger partial charge in [0.1, 0.15) is 5.75 Å². The average molecular weight is 270 g/mol. The monoisotopic (exact) mass is 269 g/mol. The first-order valence-corrected chi connectivity index (χ1v) is 5.88. The Bertz CT molecular complexity index is 527. The highest BCUT2D eigenvalue weighted by molar-refractivity contribution is 8.18. The lowest BCUT2D eigenvalue weighted by Gasteiger charge is -2.03. The lowest BCUT2D eigenvalue weighted by atomic mass is 10.2. The molecule has 0 radical (unpaired) electrons. The van der Waals surface area contributed by atoms with E-state index in [2.05, 4.69) is 5.32 Å². The molecule has 6 heteroatoms. The number of methoxy groups -OCH3 is 1. The van der Waals surface area contributed by atoms with E-state index in [-0.39, 0.29) is 11.1 Å². The second-order valence-electron chi connectivity index (χ2n) is 3.25. The Hall–Kier alpha value is -1.46. The Kier molecular flexibility index (Phi) is 3.40. The Morgan fingerprint density at radius 2 is 2.18 bits per heavy atom. The predicted octanol–water partition coefficient (Wildman–Crippen LogP) is 2.67. The fourth-order valence-corrected chi connectivity index (χ4v) is 2.29. The fourth-order valence-electron chi connectivity index (χ4n) is 1.34. The van der Waals surface area contributed by atoms with E-state index in [9.17, 15) is 9.59 Å². The predicted molar refractivity (Wildman–Crippen MR) is 67.1 cm³/mol. The van der Waals surface area contributed by atoms with Crippen LogP contribution in [0.25, 0.3) is 6.08 Å². The van der Waals surface area contributed by atoms with Gasteiger partial charge in [0.25, 0.3) is 11.1 Å². The molecule has 1 N–H and O–H groups in total. The Labute approximate surface area is 107 Å². The van der Waals surface area contributed by atoms with Gasteiger partial charge in [0.2, 0.25) is 0 Å². The molecule has 1 heterocycles. The summed E-state index contributed by atoms with van der Waals surface area (Å²) in [7, 11) is 1.53. The van der Waals surface area contributed by atoms with Crippen molar-refractivity contribution >= 4 is 40.6 Å². The van der Waals surface area contributed by atoms with Gasteiger partial charge in [-0.25, -0.2) is 0 Å². The number of ether oxygens (including phenoxy) is 1. The molecule has 1 saturated heterocycles. The van der Waals surface area contributed by atoms with Crippen molar-refractivity contribution in [3.63, 3.8) is 0 Å². The van der Waals surface area contributed by atoms with E-state index in [1.165, 1.54) is 7.11 Å². The number of benzene rings is 1. The van der Waals surface area contributed by atoms with Crippen molar-refractivity contribution in [2.75, 3.05) is 7.11 Å². The molecule has 0 saturated carbocycles. The number of hydrogen-bond acceptors (Lipinski definition) is 4. The van der Waals surface area contributed by atoms with Crippen molar-refractivity contribution in [1.82, 2.24) is 5.32 Å². The van der Waals surface area contributed by atoms with Crippen LogP contribution in [-0.4, -0.2) is 18.3 Å². The van der Waals surface area contributed by atoms with Gasteiger partial charge in [-0.1, -0.05) is 17.7 Å². The van der Waals surface area contributed by atoms with E-state index in [0.29, 0.717) is 15.7 Å². The third-order valence-corrected chi connectivity index (χ3v) is 3.22. The summed E-state index contributed by atoms with van der Waals surface area (Å²) in [5.41, 5.74) is 0.739. The van der Waals surface area contributed by atoms with Gasteiger partial charge in [0.15, 0.2) is 0 Å². The number of halogens is 1. The van der Waals surface area contributed by atoms with Crippen LogP contribution in [-0.2, 0) is 4.79 Å². The quantitative estimate of drug-likeness (QED) is 0.839. The van der Waals surface area contributed by atoms with Gasteiger partial charge >= 0.3 is 0 Å². The number of amides is 2. The van der Waals surface area contributed by atoms with Crippen molar-refractivity contribution in [2.24, 2.45) is 0 Å². The Morgan fingerprint density at radius 3 is 2.71 bits per heavy atom. The number of hydrogen-bond donors (Lipinski definition) is 1. The standard InChI is InChI=1S/C11H8ClNO3S/c1-16-8-3-2-6(4-7(8)12)5-9-10(14)13-11(15)17-9/h2-5H,1H3,(H,13,14,15)/b9-5-. The molecule has 17 heavy (non-hydrogen) atoms. The van der Waals surface area contributed by atoms with Crippen molar-refractivity contribution < 1.29 is 14.3 Å². The van der Waals surface area contributed by atoms with Gasteiger partial charge < -0.3 is 4.74 Å². The summed E-state index contributed by atoms with van der Waals surface area (Å²) >= 11 is 6.82. The van der Waals surface area contributed by atoms with Crippen LogP contribution < -0.4 is 10.1 Å². The molecule has 0 spiro atoms. The number of imide groups is 1. The first-order valence-electron chi connectivity index (χ1n) is 4.68. The zero-order chi connectivity index (χ0) is 12.4. The second-order valence-corrected chi connectivity index (χ2v) is 4.67. The second kappa shape index (κ2) is 4.81. The first kappa shape index (κ1) is 12.0. The minimum atomic E-state index is -0.382. The number of nitrogens with one attached hydrogen (secondary N) is 1. The van der Waals surface area contributed by atoms with Crippen LogP contribution in [0.3, 0.4) is 0 Å². The molecule has 2 amide bonds. The van der Waals surface area contributed by atoms with Crippen LogP contribution >= 0.6 is 23.4 Å². The van der Waals surface area contributed by atoms with Gasteiger partial charge in [-0.05, 0) is 35.5 Å². The topological polar surface area (TPSA) is 55.4 Å². The number of carbonyl (C=O) groups excluding carboxylic acids is 2. The molecule has 1 aromatic rings. The molecule has 88 valence electrons. The maximum absolute atomic E-state index is 11.3. The summed E-state index contributed by atoms with van der Waals surface area (Å²) in [6.07, 6.45) is 1.61. The third-order valence-electron chi connectivity index (χ3n) is 2.12. The molecule has 0 aliphatic carbocycles. The zero-order valence-corrected chi connectivity index (χ0v) is 10.4. The summed E-state index contributed by atoms with van der Waals surface area (Å²) < 4.78 is 5.02. The van der Waals surface area contributed by atoms with E-state index in [4.69, 9.17) is 16.3 Å². The SMILES string of the molecule is COc1ccc(/C=C2\SC(=O)NC2=O)cc1Cl. The highest BCUT2D eigenvalue weighted by atomic mass is 35.5. The zero-order valence-electron chi connectivity index (χ0n) is 8.82. The van der Waals surface area contributed by atoms with Crippen LogP contribution in [0.5, 0.6) is 5.75 Å².